The minimum atomic E-state index is -0.370. The van der Waals surface area contributed by atoms with Gasteiger partial charge in [-0.15, -0.1) is 0 Å². The third kappa shape index (κ3) is 3.76. The maximum absolute atomic E-state index is 12.0. The van der Waals surface area contributed by atoms with Crippen molar-refractivity contribution in [2.45, 2.75) is 12.5 Å². The monoisotopic (exact) mass is 312 g/mol. The molecule has 20 heavy (non-hydrogen) atoms. The van der Waals surface area contributed by atoms with Gasteiger partial charge in [-0.3, -0.25) is 4.79 Å². The summed E-state index contributed by atoms with van der Waals surface area (Å²) in [6, 6.07) is 10.7. The zero-order valence-electron chi connectivity index (χ0n) is 10.6. The van der Waals surface area contributed by atoms with Crippen LogP contribution in [0.3, 0.4) is 0 Å². The maximum atomic E-state index is 12.0. The zero-order chi connectivity index (χ0) is 14.5. The summed E-state index contributed by atoms with van der Waals surface area (Å²) in [5.41, 5.74) is 1.31. The molecule has 2 rings (SSSR count). The maximum Gasteiger partial charge on any atom is 0.268 e. The molecule has 0 spiro atoms. The number of aromatic nitrogens is 1. The lowest BCUT2D eigenvalue weighted by Gasteiger charge is -2.15. The Kier molecular flexibility index (Phi) is 5.06. The molecule has 0 aliphatic rings. The summed E-state index contributed by atoms with van der Waals surface area (Å²) in [6.07, 6.45) is 0.547. The molecule has 0 radical (unpaired) electrons. The van der Waals surface area contributed by atoms with Gasteiger partial charge in [-0.05, 0) is 18.1 Å². The first kappa shape index (κ1) is 14.9. The van der Waals surface area contributed by atoms with Crippen LogP contribution in [0.5, 0.6) is 0 Å². The van der Waals surface area contributed by atoms with Crippen molar-refractivity contribution in [2.75, 3.05) is 6.61 Å². The largest absolute Gasteiger partial charge is 0.394 e. The average Bonchev–Trinajstić information content (AvgIpc) is 2.79. The molecule has 0 aliphatic heterocycles. The van der Waals surface area contributed by atoms with Gasteiger partial charge in [0.2, 0.25) is 0 Å². The van der Waals surface area contributed by atoms with E-state index in [0.29, 0.717) is 11.4 Å². The van der Waals surface area contributed by atoms with Gasteiger partial charge in [0.15, 0.2) is 0 Å². The molecule has 4 nitrogen and oxygen atoms in total. The highest BCUT2D eigenvalue weighted by atomic mass is 35.5. The summed E-state index contributed by atoms with van der Waals surface area (Å²) in [6.45, 7) is -0.150. The van der Waals surface area contributed by atoms with E-state index < -0.39 is 0 Å². The Balaban J connectivity index is 2.01. The summed E-state index contributed by atoms with van der Waals surface area (Å²) in [5.74, 6) is -0.353. The minimum absolute atomic E-state index is 0.150. The van der Waals surface area contributed by atoms with Gasteiger partial charge in [0.25, 0.3) is 5.91 Å². The molecule has 1 heterocycles. The number of H-pyrrole nitrogens is 1. The SMILES string of the molecule is O=C(N[C@H](CO)Cc1ccccc1)c1cc(Cl)c(Cl)[nH]1. The third-order valence-electron chi connectivity index (χ3n) is 2.85. The molecule has 2 aromatic rings. The molecule has 0 fully saturated rings. The number of aliphatic hydroxyl groups is 1. The number of rotatable bonds is 5. The second-order valence-corrected chi connectivity index (χ2v) is 5.17. The van der Waals surface area contributed by atoms with Gasteiger partial charge < -0.3 is 15.4 Å². The van der Waals surface area contributed by atoms with Gasteiger partial charge in [-0.25, -0.2) is 0 Å². The number of aromatic amines is 1. The normalized spacial score (nSPS) is 12.2. The van der Waals surface area contributed by atoms with Crippen LogP contribution >= 0.6 is 23.2 Å². The zero-order valence-corrected chi connectivity index (χ0v) is 12.1. The average molecular weight is 313 g/mol. The Bertz CT molecular complexity index is 565. The lowest BCUT2D eigenvalue weighted by Crippen LogP contribution is -2.39. The minimum Gasteiger partial charge on any atom is -0.394 e. The predicted octanol–water partition coefficient (Wildman–Crippen LogP) is 2.65. The molecule has 0 saturated heterocycles. The van der Waals surface area contributed by atoms with E-state index >= 15 is 0 Å². The van der Waals surface area contributed by atoms with Crippen molar-refractivity contribution >= 4 is 29.1 Å². The van der Waals surface area contributed by atoms with Crippen LogP contribution in [-0.2, 0) is 6.42 Å². The fourth-order valence-electron chi connectivity index (χ4n) is 1.85. The molecule has 1 amide bonds. The molecule has 1 aromatic carbocycles. The van der Waals surface area contributed by atoms with Crippen LogP contribution < -0.4 is 5.32 Å². The number of aliphatic hydroxyl groups excluding tert-OH is 1. The van der Waals surface area contributed by atoms with Crippen molar-refractivity contribution in [3.05, 3.63) is 57.8 Å². The van der Waals surface area contributed by atoms with Crippen LogP contribution in [-0.4, -0.2) is 28.6 Å². The van der Waals surface area contributed by atoms with Gasteiger partial charge in [-0.2, -0.15) is 0 Å². The number of carbonyl (C=O) groups excluding carboxylic acids is 1. The predicted molar refractivity (Wildman–Crippen MR) is 79.3 cm³/mol. The number of carbonyl (C=O) groups is 1. The topological polar surface area (TPSA) is 65.1 Å². The molecule has 0 aliphatic carbocycles. The highest BCUT2D eigenvalue weighted by molar-refractivity contribution is 6.41. The number of hydrogen-bond donors (Lipinski definition) is 3. The van der Waals surface area contributed by atoms with E-state index in [2.05, 4.69) is 10.3 Å². The lowest BCUT2D eigenvalue weighted by atomic mass is 10.1. The fourth-order valence-corrected chi connectivity index (χ4v) is 2.16. The number of amides is 1. The van der Waals surface area contributed by atoms with Gasteiger partial charge >= 0.3 is 0 Å². The summed E-state index contributed by atoms with van der Waals surface area (Å²) in [4.78, 5) is 14.7. The van der Waals surface area contributed by atoms with Gasteiger partial charge in [-0.1, -0.05) is 53.5 Å². The first-order chi connectivity index (χ1) is 9.60. The van der Waals surface area contributed by atoms with Crippen molar-refractivity contribution in [3.63, 3.8) is 0 Å². The summed E-state index contributed by atoms with van der Waals surface area (Å²) in [7, 11) is 0. The quantitative estimate of drug-likeness (QED) is 0.794. The van der Waals surface area contributed by atoms with Crippen LogP contribution in [0.4, 0.5) is 0 Å². The van der Waals surface area contributed by atoms with Crippen molar-refractivity contribution in [1.82, 2.24) is 10.3 Å². The Morgan fingerprint density at radius 2 is 2.00 bits per heavy atom. The van der Waals surface area contributed by atoms with E-state index in [1.807, 2.05) is 30.3 Å². The molecule has 1 atom stereocenters. The second-order valence-electron chi connectivity index (χ2n) is 4.39. The van der Waals surface area contributed by atoms with Crippen LogP contribution in [0.2, 0.25) is 10.2 Å². The summed E-state index contributed by atoms with van der Waals surface area (Å²) >= 11 is 11.5. The van der Waals surface area contributed by atoms with Crippen LogP contribution in [0, 0.1) is 0 Å². The van der Waals surface area contributed by atoms with E-state index in [9.17, 15) is 9.90 Å². The van der Waals surface area contributed by atoms with Crippen LogP contribution in [0.1, 0.15) is 16.1 Å². The lowest BCUT2D eigenvalue weighted by molar-refractivity contribution is 0.0912. The van der Waals surface area contributed by atoms with Crippen molar-refractivity contribution in [1.29, 1.82) is 0 Å². The van der Waals surface area contributed by atoms with Crippen molar-refractivity contribution in [3.8, 4) is 0 Å². The number of halogens is 2. The Labute approximate surface area is 126 Å². The highest BCUT2D eigenvalue weighted by Gasteiger charge is 2.16. The van der Waals surface area contributed by atoms with E-state index in [0.717, 1.165) is 5.56 Å². The molecule has 0 unspecified atom stereocenters. The van der Waals surface area contributed by atoms with Gasteiger partial charge in [0.1, 0.15) is 10.8 Å². The van der Waals surface area contributed by atoms with Crippen molar-refractivity contribution < 1.29 is 9.90 Å². The highest BCUT2D eigenvalue weighted by Crippen LogP contribution is 2.21. The third-order valence-corrected chi connectivity index (χ3v) is 3.54. The molecule has 106 valence electrons. The fraction of sp³-hybridized carbons (Fsp3) is 0.214. The second kappa shape index (κ2) is 6.79. The molecule has 6 heteroatoms. The van der Waals surface area contributed by atoms with Crippen LogP contribution in [0.15, 0.2) is 36.4 Å². The van der Waals surface area contributed by atoms with Gasteiger partial charge in [0, 0.05) is 0 Å². The molecule has 1 aromatic heterocycles. The molecular weight excluding hydrogens is 299 g/mol. The molecule has 0 bridgehead atoms. The first-order valence-electron chi connectivity index (χ1n) is 6.10. The number of nitrogens with one attached hydrogen (secondary N) is 2. The Morgan fingerprint density at radius 3 is 2.55 bits per heavy atom. The smallest absolute Gasteiger partial charge is 0.268 e. The molecule has 0 saturated carbocycles. The van der Waals surface area contributed by atoms with E-state index in [4.69, 9.17) is 23.2 Å². The molecular formula is C14H14Cl2N2O2. The molecule has 3 N–H and O–H groups in total. The Morgan fingerprint density at radius 1 is 1.30 bits per heavy atom. The van der Waals surface area contributed by atoms with E-state index in [1.54, 1.807) is 0 Å². The summed E-state index contributed by atoms with van der Waals surface area (Å²) in [5, 5.41) is 12.6. The van der Waals surface area contributed by atoms with Crippen molar-refractivity contribution in [2.24, 2.45) is 0 Å². The van der Waals surface area contributed by atoms with Crippen LogP contribution in [0.25, 0.3) is 0 Å². The van der Waals surface area contributed by atoms with Gasteiger partial charge in [0.05, 0.1) is 17.7 Å². The first-order valence-corrected chi connectivity index (χ1v) is 6.85. The standard InChI is InChI=1S/C14H14Cl2N2O2/c15-11-7-12(18-13(11)16)14(20)17-10(8-19)6-9-4-2-1-3-5-9/h1-5,7,10,18-19H,6,8H2,(H,17,20)/t10-/m0/s1. The number of benzene rings is 1. The number of hydrogen-bond acceptors (Lipinski definition) is 2. The Hall–Kier alpha value is -1.49. The summed E-state index contributed by atoms with van der Waals surface area (Å²) < 4.78 is 0. The van der Waals surface area contributed by atoms with E-state index in [-0.39, 0.29) is 29.4 Å². The van der Waals surface area contributed by atoms with E-state index in [1.165, 1.54) is 6.07 Å².